The van der Waals surface area contributed by atoms with Crippen molar-refractivity contribution in [3.8, 4) is 17.2 Å². The third-order valence-electron chi connectivity index (χ3n) is 33.5. The summed E-state index contributed by atoms with van der Waals surface area (Å²) in [6.45, 7) is 13.0. The van der Waals surface area contributed by atoms with Gasteiger partial charge in [0, 0.05) is 154 Å². The number of ketones is 3. The van der Waals surface area contributed by atoms with Gasteiger partial charge in [-0.15, -0.1) is 0 Å². The summed E-state index contributed by atoms with van der Waals surface area (Å²) in [5.41, 5.74) is 16.1. The monoisotopic (exact) mass is 2010 g/mol. The van der Waals surface area contributed by atoms with Gasteiger partial charge >= 0.3 is 0 Å². The van der Waals surface area contributed by atoms with Crippen LogP contribution in [0.15, 0.2) is 189 Å². The van der Waals surface area contributed by atoms with Crippen LogP contribution in [-0.4, -0.2) is 201 Å². The maximum Gasteiger partial charge on any atom is 0.285 e. The van der Waals surface area contributed by atoms with Gasteiger partial charge in [-0.3, -0.25) is 33.4 Å². The maximum atomic E-state index is 14.4. The van der Waals surface area contributed by atoms with Crippen molar-refractivity contribution in [2.75, 3.05) is 130 Å². The molecule has 0 N–H and O–H groups in total. The second-order valence-electron chi connectivity index (χ2n) is 43.4. The number of carbonyl (C=O) groups is 6. The summed E-state index contributed by atoms with van der Waals surface area (Å²) in [6.07, 6.45) is 40.3. The van der Waals surface area contributed by atoms with Crippen LogP contribution in [0.1, 0.15) is 228 Å². The van der Waals surface area contributed by atoms with Crippen LogP contribution >= 0.6 is 0 Å². The van der Waals surface area contributed by atoms with Gasteiger partial charge in [0.05, 0.1) is 108 Å². The Bertz CT molecular complexity index is 6660. The molecule has 6 aromatic carbocycles. The third kappa shape index (κ3) is 22.7. The second-order valence-corrected chi connectivity index (χ2v) is 50.7. The van der Waals surface area contributed by atoms with E-state index in [9.17, 15) is 41.4 Å². The van der Waals surface area contributed by atoms with Crippen molar-refractivity contribution in [2.45, 2.75) is 222 Å². The standard InChI is InChI=1S/C39H48N4O5S.C39H46N4O5S.C38H48N2O5S/c1-27-10-14-34-28(20-27)8-7-17-39(34)25-43-23-30-11-13-33(30)36(47-3)9-5-4-6-19-49(46,24-32(44)22-31-16-18-40-42(31)2)41-38(45)29-12-15-37(48-26-39)35(43)21-29;1-27-10-14-33-28(20-27)8-6-16-39(33)25-43-23-30-11-13-32(30)35(47-2)9-4-3-5-19-49(46,24-31(44)22-37-40-17-7-18-41-37)42-38(45)29-12-15-36(48-26-39)34(43)21-29;1-26-12-16-32-28(20-26)10-7-18-38(32)24-40-22-30-13-15-31(30)35(44-2)11-4-3-5-19-46(43,23-34(41)27-8-6-9-27)39-37(42)29-14-17-36(45-25-38)33(40)21-29/h5,9-10,12,14-16,18,20-21,30,33,36H,4,6-8,11,13,17,19,22-26H2,1-3H3;4,7,9-10,12,14-15,17-18,20-21,30,32,35H,3,5-6,8,11,13,16,19,22-26H2,1-2H3;4,11-12,14,16-17,20-21,27,30-31,35H,3,5-10,13,15,18-19,22-25H2,1-2H3/b9-5+;9-4+;11-4+/t30-,33+,36-,39-,49+;30-,32+,35-,39-,49+;30-,31+,35-,38-,46+/m000/s1. The fraction of sp³-hybridized carbons (Fsp3) is 0.526. The number of anilines is 3. The third-order valence-corrected chi connectivity index (χ3v) is 40.1. The van der Waals surface area contributed by atoms with Gasteiger partial charge in [-0.05, 0) is 304 Å². The normalized spacial score (nSPS) is 30.0. The zero-order chi connectivity index (χ0) is 100. The average Bonchev–Trinajstić information content (AvgIpc) is 1.47. The first-order valence-electron chi connectivity index (χ1n) is 52.7. The lowest BCUT2D eigenvalue weighted by molar-refractivity contribution is -0.122. The molecule has 0 radical (unpaired) electrons. The molecule has 764 valence electrons. The fourth-order valence-corrected chi connectivity index (χ4v) is 31.0. The Labute approximate surface area is 850 Å². The first-order valence-corrected chi connectivity index (χ1v) is 58.2. The van der Waals surface area contributed by atoms with E-state index >= 15 is 0 Å². The molecule has 0 unspecified atom stereocenters. The summed E-state index contributed by atoms with van der Waals surface area (Å²) in [7, 11) is -2.30. The molecule has 21 rings (SSSR count). The first-order chi connectivity index (χ1) is 69.6. The number of Topliss-reactive ketones (excluding diaryl/α,β-unsaturated/α-hetero) is 3. The van der Waals surface area contributed by atoms with Crippen LogP contribution in [0.25, 0.3) is 0 Å². The van der Waals surface area contributed by atoms with Gasteiger partial charge in [-0.2, -0.15) is 18.2 Å². The smallest absolute Gasteiger partial charge is 0.285 e. The molecule has 8 heterocycles. The van der Waals surface area contributed by atoms with Crippen LogP contribution in [-0.2, 0) is 113 Å². The molecule has 6 aliphatic heterocycles. The molecule has 4 fully saturated rings. The first kappa shape index (κ1) is 102. The van der Waals surface area contributed by atoms with Crippen molar-refractivity contribution in [1.82, 2.24) is 19.7 Å². The highest BCUT2D eigenvalue weighted by Crippen LogP contribution is 2.53. The molecule has 28 heteroatoms. The fourth-order valence-electron chi connectivity index (χ4n) is 25.1. The topological polar surface area (TPSA) is 299 Å². The molecule has 13 aliphatic rings. The molecule has 2 aromatic heterocycles. The van der Waals surface area contributed by atoms with E-state index in [1.165, 1.54) is 50.1 Å². The molecule has 3 spiro atoms. The predicted molar refractivity (Wildman–Crippen MR) is 565 cm³/mol. The zero-order valence-electron chi connectivity index (χ0n) is 84.8. The largest absolute Gasteiger partial charge is 0.490 e. The van der Waals surface area contributed by atoms with E-state index in [-0.39, 0.29) is 105 Å². The lowest BCUT2D eigenvalue weighted by Gasteiger charge is -2.46. The maximum absolute atomic E-state index is 14.4. The number of hydrogen-bond acceptors (Lipinski definition) is 21. The van der Waals surface area contributed by atoms with Crippen LogP contribution in [0.2, 0.25) is 0 Å². The Morgan fingerprint density at radius 2 is 0.792 bits per heavy atom. The molecular formula is C116H142N10O15S3. The van der Waals surface area contributed by atoms with Gasteiger partial charge in [-0.1, -0.05) is 114 Å². The molecular weight excluding hydrogens is 1870 g/mol. The van der Waals surface area contributed by atoms with Gasteiger partial charge in [0.1, 0.15) is 28.9 Å². The Morgan fingerprint density at radius 3 is 1.12 bits per heavy atom. The number of allylic oxidation sites excluding steroid dienone is 3. The van der Waals surface area contributed by atoms with Crippen molar-refractivity contribution < 1.29 is 69.8 Å². The van der Waals surface area contributed by atoms with Crippen molar-refractivity contribution in [2.24, 2.45) is 61.6 Å². The molecule has 7 aliphatic carbocycles. The van der Waals surface area contributed by atoms with Crippen LogP contribution in [0, 0.1) is 62.2 Å². The molecule has 6 bridgehead atoms. The highest BCUT2D eigenvalue weighted by Gasteiger charge is 2.50. The molecule has 8 aromatic rings. The molecule has 4 saturated carbocycles. The number of carbonyl (C=O) groups excluding carboxylic acids is 6. The number of rotatable bonds is 14. The van der Waals surface area contributed by atoms with Crippen molar-refractivity contribution in [3.63, 3.8) is 0 Å². The van der Waals surface area contributed by atoms with Crippen molar-refractivity contribution in [3.05, 3.63) is 255 Å². The number of fused-ring (bicyclic) bond motifs is 12. The highest BCUT2D eigenvalue weighted by atomic mass is 32.2. The predicted octanol–water partition coefficient (Wildman–Crippen LogP) is 18.9. The van der Waals surface area contributed by atoms with Gasteiger partial charge in [0.2, 0.25) is 0 Å². The molecule has 0 saturated heterocycles. The number of aryl methyl sites for hydroxylation is 7. The number of hydrogen-bond donors (Lipinski definition) is 0. The lowest BCUT2D eigenvalue weighted by Crippen LogP contribution is -2.49. The average molecular weight is 2010 g/mol. The summed E-state index contributed by atoms with van der Waals surface area (Å²) in [5, 5.41) is 4.15. The quantitative estimate of drug-likeness (QED) is 0.0913. The minimum Gasteiger partial charge on any atom is -0.490 e. The van der Waals surface area contributed by atoms with Gasteiger partial charge in [0.15, 0.2) is 11.6 Å². The summed E-state index contributed by atoms with van der Waals surface area (Å²) >= 11 is 0. The van der Waals surface area contributed by atoms with E-state index in [2.05, 4.69) is 155 Å². The summed E-state index contributed by atoms with van der Waals surface area (Å²) in [5.74, 6) is 2.66. The molecule has 144 heavy (non-hydrogen) atoms. The van der Waals surface area contributed by atoms with E-state index in [1.807, 2.05) is 36.4 Å². The molecule has 25 nitrogen and oxygen atoms in total. The molecule has 3 amide bonds. The zero-order valence-corrected chi connectivity index (χ0v) is 87.3. The minimum absolute atomic E-state index is 0.0101. The number of aromatic nitrogens is 4. The van der Waals surface area contributed by atoms with Crippen LogP contribution in [0.5, 0.6) is 17.2 Å². The number of nitrogens with zero attached hydrogens (tertiary/aromatic N) is 10. The van der Waals surface area contributed by atoms with Gasteiger partial charge in [0.25, 0.3) is 17.7 Å². The van der Waals surface area contributed by atoms with E-state index < -0.39 is 46.9 Å². The van der Waals surface area contributed by atoms with E-state index in [4.69, 9.17) is 28.4 Å². The highest BCUT2D eigenvalue weighted by molar-refractivity contribution is 7.95. The number of amides is 3. The SMILES string of the molecule is CO[C@H]1/C=C/CCC[S@@](=O)(CC(=O)C2CCC2)=NC(=O)c2ccc3c(c2)N(C[C@@H]2CC[C@H]21)C[C@@]1(CCCc2cc(C)ccc21)CO3.CO[C@H]1/C=C/CCC[S@@](=O)(CC(=O)Cc2ccnn2C)=NC(=O)c2ccc3c(c2)N(C[C@@H]2CC[C@H]21)C[C@@]1(CCCc2cc(C)ccc21)CO3.CO[C@H]1/C=C/CCC[S@@](=O)(CC(=O)Cc2ncccn2)=NC(=O)c2ccc3c(c2)N(C[C@@H]2CC[C@H]21)C[C@@]1(CCCc2cc(C)ccc21)CO3. The van der Waals surface area contributed by atoms with E-state index in [0.717, 1.165) is 195 Å². The van der Waals surface area contributed by atoms with Gasteiger partial charge in [-0.25, -0.2) is 22.6 Å². The molecule has 15 atom stereocenters. The Hall–Kier alpha value is -10.6. The van der Waals surface area contributed by atoms with Gasteiger partial charge < -0.3 is 43.1 Å². The Balaban J connectivity index is 0.000000137. The van der Waals surface area contributed by atoms with Crippen molar-refractivity contribution in [1.29, 1.82) is 0 Å². The van der Waals surface area contributed by atoms with Crippen LogP contribution < -0.4 is 28.9 Å². The van der Waals surface area contributed by atoms with Crippen molar-refractivity contribution >= 4 is 81.3 Å². The summed E-state index contributed by atoms with van der Waals surface area (Å²) in [4.78, 5) is 96.5. The van der Waals surface area contributed by atoms with Crippen LogP contribution in [0.3, 0.4) is 0 Å². The lowest BCUT2D eigenvalue weighted by atomic mass is 9.68. The number of ether oxygens (including phenoxy) is 6. The summed E-state index contributed by atoms with van der Waals surface area (Å²) in [6, 6.07) is 40.5. The Morgan fingerprint density at radius 1 is 0.424 bits per heavy atom. The number of methoxy groups -OCH3 is 3. The Kier molecular flexibility index (Phi) is 31.3. The van der Waals surface area contributed by atoms with Crippen LogP contribution in [0.4, 0.5) is 17.1 Å². The summed E-state index contributed by atoms with van der Waals surface area (Å²) < 4.78 is 95.7. The van der Waals surface area contributed by atoms with E-state index in [1.54, 1.807) is 82.0 Å². The number of benzene rings is 6. The van der Waals surface area contributed by atoms with E-state index in [0.29, 0.717) is 116 Å². The minimum atomic E-state index is -3.20. The second kappa shape index (κ2) is 44.2.